The summed E-state index contributed by atoms with van der Waals surface area (Å²) in [6, 6.07) is 0. The minimum absolute atomic E-state index is 1.15. The van der Waals surface area contributed by atoms with Crippen molar-refractivity contribution >= 4 is 22.0 Å². The summed E-state index contributed by atoms with van der Waals surface area (Å²) in [6.07, 6.45) is 3.98. The van der Waals surface area contributed by atoms with Crippen LogP contribution in [0.4, 0.5) is 0 Å². The van der Waals surface area contributed by atoms with E-state index in [2.05, 4.69) is 9.44 Å². The maximum atomic E-state index is 3.24. The summed E-state index contributed by atoms with van der Waals surface area (Å²) >= 11 is 0. The van der Waals surface area contributed by atoms with Gasteiger partial charge in [-0.15, -0.1) is 0 Å². The van der Waals surface area contributed by atoms with E-state index in [9.17, 15) is 0 Å². The molecule has 0 atom stereocenters. The third kappa shape index (κ3) is 4.08. The Balaban J connectivity index is 2.02. The predicted molar refractivity (Wildman–Crippen MR) is 45.0 cm³/mol. The van der Waals surface area contributed by atoms with Crippen molar-refractivity contribution in [3.8, 4) is 0 Å². The highest BCUT2D eigenvalue weighted by Crippen LogP contribution is 2.13. The summed E-state index contributed by atoms with van der Waals surface area (Å²) in [5.74, 6) is 0. The standard InChI is InChI=1S/C5H12N2S2/c1-2-4-6-8-9-7-5-3-1/h6-7H,1-5H2. The van der Waals surface area contributed by atoms with Crippen molar-refractivity contribution in [1.82, 2.24) is 9.44 Å². The first-order valence-corrected chi connectivity index (χ1v) is 5.43. The van der Waals surface area contributed by atoms with Gasteiger partial charge in [0.1, 0.15) is 0 Å². The molecule has 1 aliphatic rings. The Kier molecular flexibility index (Phi) is 4.64. The molecule has 9 heavy (non-hydrogen) atoms. The van der Waals surface area contributed by atoms with E-state index in [4.69, 9.17) is 0 Å². The fourth-order valence-corrected chi connectivity index (χ4v) is 2.14. The van der Waals surface area contributed by atoms with Crippen LogP contribution in [0.15, 0.2) is 0 Å². The Morgan fingerprint density at radius 1 is 0.778 bits per heavy atom. The lowest BCUT2D eigenvalue weighted by Gasteiger charge is -1.97. The van der Waals surface area contributed by atoms with Gasteiger partial charge in [0.25, 0.3) is 0 Å². The second-order valence-electron chi connectivity index (χ2n) is 2.02. The highest BCUT2D eigenvalue weighted by molar-refractivity contribution is 8.75. The van der Waals surface area contributed by atoms with Crippen LogP contribution in [-0.2, 0) is 0 Å². The van der Waals surface area contributed by atoms with Crippen LogP contribution in [0.1, 0.15) is 19.3 Å². The number of rotatable bonds is 0. The summed E-state index contributed by atoms with van der Waals surface area (Å²) < 4.78 is 6.49. The Hall–Kier alpha value is 0.620. The van der Waals surface area contributed by atoms with Gasteiger partial charge in [-0.25, -0.2) is 0 Å². The van der Waals surface area contributed by atoms with Gasteiger partial charge in [-0.1, -0.05) is 6.42 Å². The van der Waals surface area contributed by atoms with Gasteiger partial charge in [0, 0.05) is 35.0 Å². The van der Waals surface area contributed by atoms with Crippen LogP contribution in [0.2, 0.25) is 0 Å². The van der Waals surface area contributed by atoms with Gasteiger partial charge in [-0.05, 0) is 12.8 Å². The predicted octanol–water partition coefficient (Wildman–Crippen LogP) is 1.56. The largest absolute Gasteiger partial charge is 0.254 e. The number of hydrogen-bond acceptors (Lipinski definition) is 4. The van der Waals surface area contributed by atoms with Crippen LogP contribution in [0.3, 0.4) is 0 Å². The molecule has 1 rings (SSSR count). The zero-order valence-electron chi connectivity index (χ0n) is 5.35. The van der Waals surface area contributed by atoms with E-state index < -0.39 is 0 Å². The Morgan fingerprint density at radius 3 is 1.89 bits per heavy atom. The maximum absolute atomic E-state index is 3.24. The van der Waals surface area contributed by atoms with Crippen molar-refractivity contribution < 1.29 is 0 Å². The molecular formula is C5H12N2S2. The quantitative estimate of drug-likeness (QED) is 0.419. The average Bonchev–Trinajstić information content (AvgIpc) is 2.00. The Bertz CT molecular complexity index is 41.4. The average molecular weight is 164 g/mol. The van der Waals surface area contributed by atoms with Gasteiger partial charge >= 0.3 is 0 Å². The van der Waals surface area contributed by atoms with Crippen molar-refractivity contribution in [2.24, 2.45) is 0 Å². The van der Waals surface area contributed by atoms with Crippen LogP contribution < -0.4 is 9.44 Å². The Labute approximate surface area is 64.2 Å². The third-order valence-electron chi connectivity index (χ3n) is 1.22. The summed E-state index contributed by atoms with van der Waals surface area (Å²) in [4.78, 5) is 0. The van der Waals surface area contributed by atoms with Gasteiger partial charge < -0.3 is 0 Å². The monoisotopic (exact) mass is 164 g/mol. The Morgan fingerprint density at radius 2 is 1.33 bits per heavy atom. The van der Waals surface area contributed by atoms with Gasteiger partial charge in [0.05, 0.1) is 0 Å². The zero-order valence-corrected chi connectivity index (χ0v) is 6.99. The van der Waals surface area contributed by atoms with E-state index in [1.165, 1.54) is 19.3 Å². The molecule has 0 aliphatic carbocycles. The summed E-state index contributed by atoms with van der Waals surface area (Å²) in [7, 11) is 3.40. The number of hydrogen-bond donors (Lipinski definition) is 2. The fourth-order valence-electron chi connectivity index (χ4n) is 0.713. The molecule has 0 unspecified atom stereocenters. The first kappa shape index (κ1) is 7.72. The van der Waals surface area contributed by atoms with E-state index in [-0.39, 0.29) is 0 Å². The smallest absolute Gasteiger partial charge is 0.00668 e. The zero-order chi connectivity index (χ0) is 6.36. The molecule has 0 spiro atoms. The molecule has 0 radical (unpaired) electrons. The molecule has 4 heteroatoms. The first-order valence-electron chi connectivity index (χ1n) is 3.28. The summed E-state index contributed by atoms with van der Waals surface area (Å²) in [5, 5.41) is 0. The molecule has 2 nitrogen and oxygen atoms in total. The first-order chi connectivity index (χ1) is 4.50. The molecule has 0 aromatic rings. The summed E-state index contributed by atoms with van der Waals surface area (Å²) in [6.45, 7) is 2.30. The van der Waals surface area contributed by atoms with Crippen LogP contribution in [0.25, 0.3) is 0 Å². The molecule has 54 valence electrons. The van der Waals surface area contributed by atoms with Crippen molar-refractivity contribution in [3.63, 3.8) is 0 Å². The van der Waals surface area contributed by atoms with Gasteiger partial charge in [0.2, 0.25) is 0 Å². The topological polar surface area (TPSA) is 24.1 Å². The molecule has 0 amide bonds. The SMILES string of the molecule is C1CCNSSNCC1. The van der Waals surface area contributed by atoms with Gasteiger partial charge in [-0.2, -0.15) is 0 Å². The van der Waals surface area contributed by atoms with E-state index in [1.807, 2.05) is 0 Å². The molecule has 2 N–H and O–H groups in total. The minimum atomic E-state index is 1.15. The molecule has 1 saturated heterocycles. The third-order valence-corrected chi connectivity index (χ3v) is 2.90. The molecule has 1 aliphatic heterocycles. The normalized spacial score (nSPS) is 24.0. The fraction of sp³-hybridized carbons (Fsp3) is 1.00. The second kappa shape index (κ2) is 5.41. The molecule has 1 heterocycles. The van der Waals surface area contributed by atoms with E-state index in [0.717, 1.165) is 13.1 Å². The molecular weight excluding hydrogens is 152 g/mol. The highest BCUT2D eigenvalue weighted by atomic mass is 33.1. The summed E-state index contributed by atoms with van der Waals surface area (Å²) in [5.41, 5.74) is 0. The van der Waals surface area contributed by atoms with Gasteiger partial charge in [-0.3, -0.25) is 9.44 Å². The van der Waals surface area contributed by atoms with Crippen molar-refractivity contribution in [3.05, 3.63) is 0 Å². The number of nitrogens with one attached hydrogen (secondary N) is 2. The minimum Gasteiger partial charge on any atom is -0.254 e. The lowest BCUT2D eigenvalue weighted by Crippen LogP contribution is -2.03. The molecule has 0 aromatic carbocycles. The second-order valence-corrected chi connectivity index (χ2v) is 3.93. The van der Waals surface area contributed by atoms with Crippen LogP contribution >= 0.6 is 22.0 Å². The van der Waals surface area contributed by atoms with E-state index in [1.54, 1.807) is 22.0 Å². The van der Waals surface area contributed by atoms with Crippen molar-refractivity contribution in [2.75, 3.05) is 13.1 Å². The molecule has 0 saturated carbocycles. The van der Waals surface area contributed by atoms with Crippen LogP contribution in [0.5, 0.6) is 0 Å². The van der Waals surface area contributed by atoms with Crippen LogP contribution in [0, 0.1) is 0 Å². The van der Waals surface area contributed by atoms with E-state index >= 15 is 0 Å². The lowest BCUT2D eigenvalue weighted by atomic mass is 10.2. The molecule has 0 bridgehead atoms. The lowest BCUT2D eigenvalue weighted by molar-refractivity contribution is 0.673. The van der Waals surface area contributed by atoms with Crippen molar-refractivity contribution in [2.45, 2.75) is 19.3 Å². The molecule has 0 aromatic heterocycles. The van der Waals surface area contributed by atoms with Crippen molar-refractivity contribution in [1.29, 1.82) is 0 Å². The molecule has 1 fully saturated rings. The van der Waals surface area contributed by atoms with Crippen LogP contribution in [-0.4, -0.2) is 13.1 Å². The van der Waals surface area contributed by atoms with E-state index in [0.29, 0.717) is 0 Å². The highest BCUT2D eigenvalue weighted by Gasteiger charge is 1.94. The maximum Gasteiger partial charge on any atom is 0.00668 e. The van der Waals surface area contributed by atoms with Gasteiger partial charge in [0.15, 0.2) is 0 Å².